The van der Waals surface area contributed by atoms with Gasteiger partial charge in [-0.3, -0.25) is 9.59 Å². The van der Waals surface area contributed by atoms with Crippen LogP contribution in [0.2, 0.25) is 0 Å². The van der Waals surface area contributed by atoms with Gasteiger partial charge in [-0.2, -0.15) is 0 Å². The third kappa shape index (κ3) is 2.78. The molecule has 15 heavy (non-hydrogen) atoms. The molecule has 3 nitrogen and oxygen atoms in total. The zero-order valence-corrected chi connectivity index (χ0v) is 9.32. The third-order valence-corrected chi connectivity index (χ3v) is 2.50. The number of rotatable bonds is 3. The number of nitrogens with zero attached hydrogens (tertiary/aromatic N) is 1. The third-order valence-electron chi connectivity index (χ3n) is 2.50. The molecule has 0 amide bonds. The van der Waals surface area contributed by atoms with Crippen LogP contribution >= 0.6 is 0 Å². The first-order valence-corrected chi connectivity index (χ1v) is 5.12. The predicted octanol–water partition coefficient (Wildman–Crippen LogP) is 1.56. The van der Waals surface area contributed by atoms with Crippen LogP contribution in [-0.2, 0) is 9.59 Å². The summed E-state index contributed by atoms with van der Waals surface area (Å²) in [6.07, 6.45) is 5.17. The molecule has 0 N–H and O–H groups in total. The van der Waals surface area contributed by atoms with E-state index in [4.69, 9.17) is 0 Å². The summed E-state index contributed by atoms with van der Waals surface area (Å²) in [5, 5.41) is 0. The van der Waals surface area contributed by atoms with Gasteiger partial charge in [-0.25, -0.2) is 0 Å². The molecule has 0 aromatic rings. The van der Waals surface area contributed by atoms with Crippen molar-refractivity contribution < 1.29 is 9.59 Å². The van der Waals surface area contributed by atoms with E-state index in [-0.39, 0.29) is 17.5 Å². The molecular weight excluding hydrogens is 190 g/mol. The van der Waals surface area contributed by atoms with Crippen molar-refractivity contribution in [3.63, 3.8) is 0 Å². The first kappa shape index (κ1) is 11.7. The predicted molar refractivity (Wildman–Crippen MR) is 59.3 cm³/mol. The van der Waals surface area contributed by atoms with Gasteiger partial charge >= 0.3 is 0 Å². The summed E-state index contributed by atoms with van der Waals surface area (Å²) >= 11 is 0. The monoisotopic (exact) mass is 207 g/mol. The van der Waals surface area contributed by atoms with E-state index in [0.29, 0.717) is 24.8 Å². The van der Waals surface area contributed by atoms with E-state index in [1.165, 1.54) is 0 Å². The standard InChI is InChI=1S/C12H17NO2/c1-4-5-9-6-7-11(14)10(12(9)15)8-13(2)3/h4,8-9H,1,5-7H2,2-3H3/b10-8-. The summed E-state index contributed by atoms with van der Waals surface area (Å²) < 4.78 is 0. The highest BCUT2D eigenvalue weighted by Crippen LogP contribution is 2.25. The molecule has 0 saturated heterocycles. The maximum absolute atomic E-state index is 11.9. The van der Waals surface area contributed by atoms with E-state index in [1.54, 1.807) is 17.2 Å². The molecule has 0 spiro atoms. The lowest BCUT2D eigenvalue weighted by Gasteiger charge is -2.21. The molecule has 0 heterocycles. The van der Waals surface area contributed by atoms with Gasteiger partial charge in [-0.1, -0.05) is 6.08 Å². The van der Waals surface area contributed by atoms with E-state index >= 15 is 0 Å². The quantitative estimate of drug-likeness (QED) is 0.400. The summed E-state index contributed by atoms with van der Waals surface area (Å²) in [5.41, 5.74) is 0.345. The Morgan fingerprint density at radius 3 is 2.67 bits per heavy atom. The highest BCUT2D eigenvalue weighted by Gasteiger charge is 2.31. The average molecular weight is 207 g/mol. The molecule has 1 atom stereocenters. The van der Waals surface area contributed by atoms with Crippen molar-refractivity contribution in [3.05, 3.63) is 24.4 Å². The van der Waals surface area contributed by atoms with Gasteiger partial charge in [0.1, 0.15) is 0 Å². The Labute approximate surface area is 90.5 Å². The van der Waals surface area contributed by atoms with Gasteiger partial charge < -0.3 is 4.90 Å². The Bertz CT molecular complexity index is 316. The minimum absolute atomic E-state index is 0.0279. The first-order chi connectivity index (χ1) is 7.06. The molecule has 1 aliphatic rings. The summed E-state index contributed by atoms with van der Waals surface area (Å²) in [7, 11) is 3.62. The van der Waals surface area contributed by atoms with Crippen LogP contribution < -0.4 is 0 Å². The number of Topliss-reactive ketones (excluding diaryl/α,β-unsaturated/α-hetero) is 2. The van der Waals surface area contributed by atoms with Gasteiger partial charge in [0, 0.05) is 32.6 Å². The van der Waals surface area contributed by atoms with Crippen LogP contribution in [0, 0.1) is 5.92 Å². The summed E-state index contributed by atoms with van der Waals surface area (Å²) in [6, 6.07) is 0. The molecule has 82 valence electrons. The number of hydrogen-bond acceptors (Lipinski definition) is 3. The van der Waals surface area contributed by atoms with E-state index < -0.39 is 0 Å². The van der Waals surface area contributed by atoms with Crippen molar-refractivity contribution in [3.8, 4) is 0 Å². The maximum atomic E-state index is 11.9. The SMILES string of the molecule is C=CCC1CCC(=O)/C(=C/N(C)C)C1=O. The molecule has 0 aliphatic heterocycles. The van der Waals surface area contributed by atoms with Crippen molar-refractivity contribution in [2.45, 2.75) is 19.3 Å². The molecule has 1 saturated carbocycles. The van der Waals surface area contributed by atoms with Crippen LogP contribution in [0.25, 0.3) is 0 Å². The Kier molecular flexibility index (Phi) is 3.83. The smallest absolute Gasteiger partial charge is 0.171 e. The molecule has 1 unspecified atom stereocenters. The van der Waals surface area contributed by atoms with Gasteiger partial charge in [0.05, 0.1) is 5.57 Å². The lowest BCUT2D eigenvalue weighted by molar-refractivity contribution is -0.126. The Balaban J connectivity index is 2.88. The van der Waals surface area contributed by atoms with Crippen LogP contribution in [0.5, 0.6) is 0 Å². The van der Waals surface area contributed by atoms with Crippen LogP contribution in [0.15, 0.2) is 24.4 Å². The molecule has 1 fully saturated rings. The number of hydrogen-bond donors (Lipinski definition) is 0. The first-order valence-electron chi connectivity index (χ1n) is 5.12. The highest BCUT2D eigenvalue weighted by atomic mass is 16.2. The van der Waals surface area contributed by atoms with Crippen molar-refractivity contribution >= 4 is 11.6 Å². The zero-order chi connectivity index (χ0) is 11.4. The van der Waals surface area contributed by atoms with Crippen LogP contribution in [0.1, 0.15) is 19.3 Å². The number of carbonyl (C=O) groups excluding carboxylic acids is 2. The van der Waals surface area contributed by atoms with Gasteiger partial charge in [0.2, 0.25) is 0 Å². The van der Waals surface area contributed by atoms with Crippen LogP contribution in [0.4, 0.5) is 0 Å². The van der Waals surface area contributed by atoms with Crippen LogP contribution in [-0.4, -0.2) is 30.6 Å². The topological polar surface area (TPSA) is 37.4 Å². The molecule has 0 radical (unpaired) electrons. The normalized spacial score (nSPS) is 24.4. The molecule has 0 bridgehead atoms. The average Bonchev–Trinajstić information content (AvgIpc) is 2.17. The number of ketones is 2. The minimum Gasteiger partial charge on any atom is -0.383 e. The summed E-state index contributed by atoms with van der Waals surface area (Å²) in [5.74, 6) is -0.111. The number of allylic oxidation sites excluding steroid dienone is 2. The second kappa shape index (κ2) is 4.91. The Morgan fingerprint density at radius 1 is 1.47 bits per heavy atom. The van der Waals surface area contributed by atoms with Crippen molar-refractivity contribution in [1.29, 1.82) is 0 Å². The molecule has 1 rings (SSSR count). The highest BCUT2D eigenvalue weighted by molar-refractivity contribution is 6.22. The van der Waals surface area contributed by atoms with Gasteiger partial charge in [-0.05, 0) is 12.8 Å². The Hall–Kier alpha value is -1.38. The molecule has 0 aromatic carbocycles. The van der Waals surface area contributed by atoms with E-state index in [9.17, 15) is 9.59 Å². The largest absolute Gasteiger partial charge is 0.383 e. The summed E-state index contributed by atoms with van der Waals surface area (Å²) in [6.45, 7) is 3.63. The van der Waals surface area contributed by atoms with Gasteiger partial charge in [-0.15, -0.1) is 6.58 Å². The molecule has 0 aromatic heterocycles. The Morgan fingerprint density at radius 2 is 2.13 bits per heavy atom. The van der Waals surface area contributed by atoms with E-state index in [2.05, 4.69) is 6.58 Å². The molecule has 3 heteroatoms. The second-order valence-electron chi connectivity index (χ2n) is 4.05. The fourth-order valence-corrected chi connectivity index (χ4v) is 1.75. The zero-order valence-electron chi connectivity index (χ0n) is 9.32. The fourth-order valence-electron chi connectivity index (χ4n) is 1.75. The molecular formula is C12H17NO2. The van der Waals surface area contributed by atoms with Crippen molar-refractivity contribution in [2.24, 2.45) is 5.92 Å². The lowest BCUT2D eigenvalue weighted by Crippen LogP contribution is -2.29. The fraction of sp³-hybridized carbons (Fsp3) is 0.500. The van der Waals surface area contributed by atoms with E-state index in [1.807, 2.05) is 14.1 Å². The van der Waals surface area contributed by atoms with Crippen molar-refractivity contribution in [1.82, 2.24) is 4.90 Å². The van der Waals surface area contributed by atoms with Crippen molar-refractivity contribution in [2.75, 3.05) is 14.1 Å². The minimum atomic E-state index is -0.0496. The van der Waals surface area contributed by atoms with E-state index in [0.717, 1.165) is 0 Å². The van der Waals surface area contributed by atoms with Crippen LogP contribution in [0.3, 0.4) is 0 Å². The second-order valence-corrected chi connectivity index (χ2v) is 4.05. The van der Waals surface area contributed by atoms with Gasteiger partial charge in [0.25, 0.3) is 0 Å². The number of carbonyl (C=O) groups is 2. The molecule has 1 aliphatic carbocycles. The lowest BCUT2D eigenvalue weighted by atomic mass is 9.82. The maximum Gasteiger partial charge on any atom is 0.171 e. The summed E-state index contributed by atoms with van der Waals surface area (Å²) in [4.78, 5) is 25.2. The van der Waals surface area contributed by atoms with Gasteiger partial charge in [0.15, 0.2) is 11.6 Å².